The zero-order valence-electron chi connectivity index (χ0n) is 16.3. The van der Waals surface area contributed by atoms with E-state index < -0.39 is 17.7 Å². The maximum absolute atomic E-state index is 12.8. The Labute approximate surface area is 168 Å². The highest BCUT2D eigenvalue weighted by molar-refractivity contribution is 6.46. The van der Waals surface area contributed by atoms with Gasteiger partial charge < -0.3 is 24.6 Å². The van der Waals surface area contributed by atoms with Gasteiger partial charge in [0.2, 0.25) is 0 Å². The summed E-state index contributed by atoms with van der Waals surface area (Å²) >= 11 is 0. The van der Waals surface area contributed by atoms with E-state index in [-0.39, 0.29) is 17.1 Å². The molecule has 0 saturated carbocycles. The van der Waals surface area contributed by atoms with Gasteiger partial charge in [-0.05, 0) is 48.4 Å². The Bertz CT molecular complexity index is 917. The number of likely N-dealkylation sites (tertiary alicyclic amines) is 1. The molecule has 1 aliphatic heterocycles. The highest BCUT2D eigenvalue weighted by atomic mass is 16.5. The van der Waals surface area contributed by atoms with Crippen LogP contribution in [0.4, 0.5) is 0 Å². The van der Waals surface area contributed by atoms with Gasteiger partial charge in [0.05, 0.1) is 18.7 Å². The Kier molecular flexibility index (Phi) is 6.19. The topological polar surface area (TPSA) is 96.3 Å². The van der Waals surface area contributed by atoms with Crippen molar-refractivity contribution >= 4 is 17.4 Å². The molecule has 2 aromatic carbocycles. The second kappa shape index (κ2) is 8.79. The summed E-state index contributed by atoms with van der Waals surface area (Å²) in [5.41, 5.74) is 1.04. The number of phenolic OH excluding ortho intramolecular Hbond substituents is 1. The number of rotatable bonds is 7. The van der Waals surface area contributed by atoms with Crippen LogP contribution in [0.3, 0.4) is 0 Å². The molecule has 29 heavy (non-hydrogen) atoms. The summed E-state index contributed by atoms with van der Waals surface area (Å²) in [6.07, 6.45) is 0.542. The van der Waals surface area contributed by atoms with Crippen LogP contribution in [0.5, 0.6) is 11.5 Å². The van der Waals surface area contributed by atoms with Gasteiger partial charge in [0.1, 0.15) is 17.3 Å². The summed E-state index contributed by atoms with van der Waals surface area (Å²) in [5.74, 6) is -0.988. The van der Waals surface area contributed by atoms with Crippen LogP contribution < -0.4 is 4.74 Å². The van der Waals surface area contributed by atoms with Gasteiger partial charge in [-0.1, -0.05) is 12.1 Å². The normalized spacial score (nSPS) is 18.3. The molecule has 0 unspecified atom stereocenters. The molecule has 1 aliphatic rings. The van der Waals surface area contributed by atoms with Crippen molar-refractivity contribution in [1.82, 2.24) is 4.90 Å². The third kappa shape index (κ3) is 4.09. The zero-order valence-corrected chi connectivity index (χ0v) is 16.3. The van der Waals surface area contributed by atoms with Crippen LogP contribution >= 0.6 is 0 Å². The average Bonchev–Trinajstić information content (AvgIpc) is 2.99. The summed E-state index contributed by atoms with van der Waals surface area (Å²) < 4.78 is 10.2. The van der Waals surface area contributed by atoms with E-state index in [2.05, 4.69) is 0 Å². The summed E-state index contributed by atoms with van der Waals surface area (Å²) in [4.78, 5) is 27.0. The largest absolute Gasteiger partial charge is 0.508 e. The van der Waals surface area contributed by atoms with E-state index in [1.54, 1.807) is 43.5 Å². The van der Waals surface area contributed by atoms with Crippen molar-refractivity contribution in [3.8, 4) is 11.5 Å². The van der Waals surface area contributed by atoms with Gasteiger partial charge in [-0.3, -0.25) is 9.59 Å². The Balaban J connectivity index is 2.09. The molecule has 0 aromatic heterocycles. The van der Waals surface area contributed by atoms with Crippen molar-refractivity contribution in [3.05, 3.63) is 65.2 Å². The van der Waals surface area contributed by atoms with Crippen LogP contribution in [0.25, 0.3) is 5.76 Å². The third-order valence-corrected chi connectivity index (χ3v) is 4.86. The molecule has 1 saturated heterocycles. The Morgan fingerprint density at radius 2 is 1.69 bits per heavy atom. The molecule has 7 heteroatoms. The number of carbonyl (C=O) groups excluding carboxylic acids is 2. The van der Waals surface area contributed by atoms with E-state index in [9.17, 15) is 19.8 Å². The van der Waals surface area contributed by atoms with Crippen molar-refractivity contribution in [1.29, 1.82) is 0 Å². The van der Waals surface area contributed by atoms with Crippen LogP contribution in [0.15, 0.2) is 54.1 Å². The van der Waals surface area contributed by atoms with E-state index in [1.165, 1.54) is 24.1 Å². The molecule has 1 amide bonds. The van der Waals surface area contributed by atoms with Crippen molar-refractivity contribution in [2.24, 2.45) is 0 Å². The molecule has 0 aliphatic carbocycles. The quantitative estimate of drug-likeness (QED) is 0.323. The molecule has 1 fully saturated rings. The van der Waals surface area contributed by atoms with Crippen molar-refractivity contribution in [3.63, 3.8) is 0 Å². The number of aliphatic hydroxyl groups is 1. The number of aromatic hydroxyl groups is 1. The van der Waals surface area contributed by atoms with Crippen LogP contribution in [-0.2, 0) is 14.3 Å². The minimum absolute atomic E-state index is 0.0169. The van der Waals surface area contributed by atoms with Crippen LogP contribution in [0.1, 0.15) is 23.6 Å². The number of ether oxygens (including phenoxy) is 2. The number of nitrogens with zero attached hydrogens (tertiary/aromatic N) is 1. The first-order valence-corrected chi connectivity index (χ1v) is 9.18. The number of hydrogen-bond donors (Lipinski definition) is 2. The van der Waals surface area contributed by atoms with Gasteiger partial charge in [-0.2, -0.15) is 0 Å². The highest BCUT2D eigenvalue weighted by Gasteiger charge is 2.45. The summed E-state index contributed by atoms with van der Waals surface area (Å²) in [5, 5.41) is 20.5. The van der Waals surface area contributed by atoms with Gasteiger partial charge in [0.25, 0.3) is 11.7 Å². The number of benzene rings is 2. The molecule has 1 heterocycles. The molecule has 0 radical (unpaired) electrons. The fourth-order valence-electron chi connectivity index (χ4n) is 3.40. The minimum atomic E-state index is -0.755. The van der Waals surface area contributed by atoms with Gasteiger partial charge in [-0.15, -0.1) is 0 Å². The Morgan fingerprint density at radius 3 is 2.28 bits per heavy atom. The molecular weight excluding hydrogens is 374 g/mol. The van der Waals surface area contributed by atoms with E-state index in [4.69, 9.17) is 9.47 Å². The monoisotopic (exact) mass is 397 g/mol. The molecule has 1 atom stereocenters. The number of Topliss-reactive ketones (excluding diaryl/α,β-unsaturated/α-hetero) is 1. The lowest BCUT2D eigenvalue weighted by Crippen LogP contribution is -2.31. The van der Waals surface area contributed by atoms with Crippen molar-refractivity contribution < 1.29 is 29.3 Å². The first-order chi connectivity index (χ1) is 14.0. The Morgan fingerprint density at radius 1 is 1.03 bits per heavy atom. The molecule has 152 valence electrons. The van der Waals surface area contributed by atoms with Gasteiger partial charge in [0, 0.05) is 25.8 Å². The minimum Gasteiger partial charge on any atom is -0.508 e. The third-order valence-electron chi connectivity index (χ3n) is 4.86. The van der Waals surface area contributed by atoms with Crippen LogP contribution in [-0.4, -0.2) is 54.2 Å². The van der Waals surface area contributed by atoms with E-state index in [0.29, 0.717) is 36.4 Å². The van der Waals surface area contributed by atoms with E-state index >= 15 is 0 Å². The summed E-state index contributed by atoms with van der Waals surface area (Å²) in [6, 6.07) is 12.1. The predicted molar refractivity (Wildman–Crippen MR) is 107 cm³/mol. The number of hydrogen-bond acceptors (Lipinski definition) is 6. The lowest BCUT2D eigenvalue weighted by atomic mass is 9.95. The average molecular weight is 397 g/mol. The van der Waals surface area contributed by atoms with Crippen LogP contribution in [0, 0.1) is 0 Å². The number of phenols is 1. The molecule has 0 bridgehead atoms. The van der Waals surface area contributed by atoms with E-state index in [1.807, 2.05) is 0 Å². The Hall–Kier alpha value is -3.32. The fourth-order valence-corrected chi connectivity index (χ4v) is 3.40. The lowest BCUT2D eigenvalue weighted by molar-refractivity contribution is -0.140. The molecular formula is C22H23NO6. The molecule has 2 N–H and O–H groups in total. The molecule has 2 aromatic rings. The van der Waals surface area contributed by atoms with Crippen molar-refractivity contribution in [2.45, 2.75) is 12.5 Å². The van der Waals surface area contributed by atoms with Crippen LogP contribution in [0.2, 0.25) is 0 Å². The molecule has 3 rings (SSSR count). The number of ketones is 1. The predicted octanol–water partition coefficient (Wildman–Crippen LogP) is 2.86. The van der Waals surface area contributed by atoms with E-state index in [0.717, 1.165) is 0 Å². The first kappa shape index (κ1) is 20.4. The zero-order chi connectivity index (χ0) is 21.0. The first-order valence-electron chi connectivity index (χ1n) is 9.18. The summed E-state index contributed by atoms with van der Waals surface area (Å²) in [7, 11) is 3.10. The number of amides is 1. The fraction of sp³-hybridized carbons (Fsp3) is 0.273. The second-order valence-electron chi connectivity index (χ2n) is 6.66. The van der Waals surface area contributed by atoms with Gasteiger partial charge in [0.15, 0.2) is 0 Å². The summed E-state index contributed by atoms with van der Waals surface area (Å²) in [6.45, 7) is 0.729. The second-order valence-corrected chi connectivity index (χ2v) is 6.66. The van der Waals surface area contributed by atoms with Gasteiger partial charge >= 0.3 is 0 Å². The van der Waals surface area contributed by atoms with Crippen molar-refractivity contribution in [2.75, 3.05) is 27.4 Å². The number of carbonyl (C=O) groups is 2. The maximum Gasteiger partial charge on any atom is 0.295 e. The standard InChI is InChI=1S/C22H23NO6/c1-28-13-3-12-23-19(14-4-8-16(24)9-5-14)18(21(26)22(23)27)20(25)15-6-10-17(29-2)11-7-15/h4-11,19,24-25H,3,12-13H2,1-2H3/b20-18+/t19-/m0/s1. The highest BCUT2D eigenvalue weighted by Crippen LogP contribution is 2.39. The molecule has 0 spiro atoms. The number of methoxy groups -OCH3 is 2. The SMILES string of the molecule is COCCCN1C(=O)C(=O)/C(=C(/O)c2ccc(OC)cc2)[C@@H]1c1ccc(O)cc1. The van der Waals surface area contributed by atoms with Gasteiger partial charge in [-0.25, -0.2) is 0 Å². The smallest absolute Gasteiger partial charge is 0.295 e. The molecule has 7 nitrogen and oxygen atoms in total. The number of aliphatic hydroxyl groups excluding tert-OH is 1. The lowest BCUT2D eigenvalue weighted by Gasteiger charge is -2.25. The maximum atomic E-state index is 12.8.